The Morgan fingerprint density at radius 1 is 1.13 bits per heavy atom. The molecule has 3 heterocycles. The highest BCUT2D eigenvalue weighted by molar-refractivity contribution is 7.91. The van der Waals surface area contributed by atoms with Crippen LogP contribution in [0.5, 0.6) is 18.0 Å². The van der Waals surface area contributed by atoms with Gasteiger partial charge in [-0.25, -0.2) is 8.42 Å². The van der Waals surface area contributed by atoms with Gasteiger partial charge in [-0.3, -0.25) is 0 Å². The van der Waals surface area contributed by atoms with E-state index < -0.39 is 16.1 Å². The van der Waals surface area contributed by atoms with Crippen molar-refractivity contribution in [1.29, 1.82) is 0 Å². The van der Waals surface area contributed by atoms with Crippen LogP contribution in [0.3, 0.4) is 0 Å². The molecule has 1 saturated heterocycles. The molecule has 10 nitrogen and oxygen atoms in total. The van der Waals surface area contributed by atoms with Gasteiger partial charge in [-0.2, -0.15) is 4.31 Å². The lowest BCUT2D eigenvalue weighted by atomic mass is 10.3. The van der Waals surface area contributed by atoms with Crippen molar-refractivity contribution < 1.29 is 27.4 Å². The summed E-state index contributed by atoms with van der Waals surface area (Å²) in [5.41, 5.74) is 0. The van der Waals surface area contributed by atoms with Crippen molar-refractivity contribution in [1.82, 2.24) is 19.3 Å². The Morgan fingerprint density at radius 3 is 2.33 bits per heavy atom. The zero-order valence-electron chi connectivity index (χ0n) is 16.2. The van der Waals surface area contributed by atoms with E-state index in [9.17, 15) is 8.42 Å². The van der Waals surface area contributed by atoms with E-state index in [4.69, 9.17) is 18.9 Å². The second-order valence-electron chi connectivity index (χ2n) is 5.98. The maximum absolute atomic E-state index is 12.7. The number of nitrogens with zero attached hydrogens (tertiary/aromatic N) is 4. The monoisotopic (exact) mass is 454 g/mol. The minimum atomic E-state index is -3.55. The fourth-order valence-corrected chi connectivity index (χ4v) is 5.10. The van der Waals surface area contributed by atoms with Crippen LogP contribution >= 0.6 is 11.3 Å². The molecule has 0 bridgehead atoms. The van der Waals surface area contributed by atoms with E-state index in [1.54, 1.807) is 29.7 Å². The van der Waals surface area contributed by atoms with E-state index in [2.05, 4.69) is 28.1 Å². The Bertz CT molecular complexity index is 921. The number of thiophene rings is 1. The number of morpholine rings is 1. The Morgan fingerprint density at radius 2 is 1.77 bits per heavy atom. The predicted octanol–water partition coefficient (Wildman–Crippen LogP) is 1.53. The molecule has 162 valence electrons. The van der Waals surface area contributed by atoms with Crippen LogP contribution in [0, 0.1) is 0 Å². The van der Waals surface area contributed by atoms with Crippen molar-refractivity contribution in [2.24, 2.45) is 0 Å². The lowest BCUT2D eigenvalue weighted by Gasteiger charge is -2.31. The maximum Gasteiger partial charge on any atom is 0.326 e. The molecule has 2 aromatic heterocycles. The predicted molar refractivity (Wildman–Crippen MR) is 110 cm³/mol. The molecular formula is C18H22N4O6S2. The van der Waals surface area contributed by atoms with Crippen LogP contribution in [0.1, 0.15) is 0 Å². The van der Waals surface area contributed by atoms with E-state index in [1.165, 1.54) is 15.6 Å². The van der Waals surface area contributed by atoms with E-state index in [1.807, 2.05) is 0 Å². The first kappa shape index (κ1) is 22.2. The molecule has 0 aliphatic carbocycles. The molecule has 1 unspecified atom stereocenters. The first-order valence-corrected chi connectivity index (χ1v) is 11.4. The van der Waals surface area contributed by atoms with Gasteiger partial charge in [-0.05, 0) is 11.4 Å². The molecule has 2 aromatic rings. The van der Waals surface area contributed by atoms with Gasteiger partial charge in [0.25, 0.3) is 10.0 Å². The van der Waals surface area contributed by atoms with Crippen LogP contribution in [0.4, 0.5) is 0 Å². The molecule has 1 aliphatic heterocycles. The van der Waals surface area contributed by atoms with Gasteiger partial charge in [0.15, 0.2) is 0 Å². The van der Waals surface area contributed by atoms with Gasteiger partial charge in [0.1, 0.15) is 30.1 Å². The van der Waals surface area contributed by atoms with Crippen LogP contribution < -0.4 is 14.2 Å². The minimum absolute atomic E-state index is 0.0189. The van der Waals surface area contributed by atoms with Crippen LogP contribution in [0.2, 0.25) is 0 Å². The molecule has 0 N–H and O–H groups in total. The molecule has 0 amide bonds. The molecule has 12 heteroatoms. The third kappa shape index (κ3) is 5.75. The summed E-state index contributed by atoms with van der Waals surface area (Å²) in [6.07, 6.45) is 2.61. The summed E-state index contributed by atoms with van der Waals surface area (Å²) in [6.45, 7) is 8.29. The van der Waals surface area contributed by atoms with Crippen LogP contribution in [0.15, 0.2) is 47.0 Å². The summed E-state index contributed by atoms with van der Waals surface area (Å²) in [6, 6.07) is 3.31. The summed E-state index contributed by atoms with van der Waals surface area (Å²) in [5, 5.41) is 1.73. The molecule has 1 fully saturated rings. The smallest absolute Gasteiger partial charge is 0.326 e. The van der Waals surface area contributed by atoms with E-state index in [0.29, 0.717) is 4.21 Å². The molecule has 0 radical (unpaired) electrons. The molecule has 30 heavy (non-hydrogen) atoms. The van der Waals surface area contributed by atoms with E-state index >= 15 is 0 Å². The second-order valence-corrected chi connectivity index (χ2v) is 9.09. The highest BCUT2D eigenvalue weighted by Gasteiger charge is 2.32. The average Bonchev–Trinajstić information content (AvgIpc) is 3.31. The largest absolute Gasteiger partial charge is 0.460 e. The first-order chi connectivity index (χ1) is 14.5. The van der Waals surface area contributed by atoms with Crippen LogP contribution in [0.25, 0.3) is 0 Å². The van der Waals surface area contributed by atoms with Crippen molar-refractivity contribution in [2.45, 2.75) is 10.3 Å². The standard InChI is InChI=1S/C18H22N4O6S2/c1-3-8-26-16-19-17(27-9-4-2)21-18(20-16)28-13-14-12-22(7-10-25-14)30(23,24)15-6-5-11-29-15/h3-6,11,14H,1-2,7-10,12-13H2. The summed E-state index contributed by atoms with van der Waals surface area (Å²) >= 11 is 1.18. The summed E-state index contributed by atoms with van der Waals surface area (Å²) in [5.74, 6) is 0. The van der Waals surface area contributed by atoms with Crippen LogP contribution in [-0.4, -0.2) is 73.3 Å². The fourth-order valence-electron chi connectivity index (χ4n) is 2.50. The molecule has 0 saturated carbocycles. The lowest BCUT2D eigenvalue weighted by molar-refractivity contribution is -0.0267. The van der Waals surface area contributed by atoms with Gasteiger partial charge >= 0.3 is 18.0 Å². The highest BCUT2D eigenvalue weighted by Crippen LogP contribution is 2.23. The summed E-state index contributed by atoms with van der Waals surface area (Å²) in [7, 11) is -3.55. The lowest BCUT2D eigenvalue weighted by Crippen LogP contribution is -2.47. The molecule has 1 aliphatic rings. The summed E-state index contributed by atoms with van der Waals surface area (Å²) in [4.78, 5) is 12.1. The molecule has 3 rings (SSSR count). The number of ether oxygens (including phenoxy) is 4. The van der Waals surface area contributed by atoms with Gasteiger partial charge in [0.05, 0.1) is 6.61 Å². The van der Waals surface area contributed by atoms with E-state index in [0.717, 1.165) is 0 Å². The molecule has 1 atom stereocenters. The molecule has 0 spiro atoms. The number of sulfonamides is 1. The summed E-state index contributed by atoms with van der Waals surface area (Å²) < 4.78 is 49.0. The van der Waals surface area contributed by atoms with Crippen molar-refractivity contribution in [3.8, 4) is 18.0 Å². The van der Waals surface area contributed by atoms with Gasteiger partial charge in [-0.1, -0.05) is 31.4 Å². The van der Waals surface area contributed by atoms with Crippen molar-refractivity contribution >= 4 is 21.4 Å². The Hall–Kier alpha value is -2.54. The molecular weight excluding hydrogens is 432 g/mol. The molecule has 0 aromatic carbocycles. The number of aromatic nitrogens is 3. The van der Waals surface area contributed by atoms with Crippen molar-refractivity contribution in [3.05, 3.63) is 42.8 Å². The Labute approximate surface area is 178 Å². The Balaban J connectivity index is 1.65. The fraction of sp³-hybridized carbons (Fsp3) is 0.389. The average molecular weight is 455 g/mol. The zero-order chi connectivity index (χ0) is 21.4. The minimum Gasteiger partial charge on any atom is -0.460 e. The first-order valence-electron chi connectivity index (χ1n) is 9.04. The SMILES string of the molecule is C=CCOc1nc(OCC=C)nc(OCC2CN(S(=O)(=O)c3cccs3)CCO2)n1. The van der Waals surface area contributed by atoms with Gasteiger partial charge in [0.2, 0.25) is 0 Å². The zero-order valence-corrected chi connectivity index (χ0v) is 17.8. The normalized spacial score (nSPS) is 17.3. The van der Waals surface area contributed by atoms with Crippen molar-refractivity contribution in [3.63, 3.8) is 0 Å². The topological polar surface area (TPSA) is 113 Å². The van der Waals surface area contributed by atoms with Crippen molar-refractivity contribution in [2.75, 3.05) is 39.5 Å². The Kier molecular flexibility index (Phi) is 7.74. The third-order valence-corrected chi connectivity index (χ3v) is 7.06. The van der Waals surface area contributed by atoms with Gasteiger partial charge < -0.3 is 18.9 Å². The van der Waals surface area contributed by atoms with Gasteiger partial charge in [0, 0.05) is 13.1 Å². The quantitative estimate of drug-likeness (QED) is 0.466. The van der Waals surface area contributed by atoms with E-state index in [-0.39, 0.29) is 57.5 Å². The van der Waals surface area contributed by atoms with Crippen LogP contribution in [-0.2, 0) is 14.8 Å². The third-order valence-electron chi connectivity index (χ3n) is 3.82. The van der Waals surface area contributed by atoms with Gasteiger partial charge in [-0.15, -0.1) is 26.3 Å². The number of hydrogen-bond acceptors (Lipinski definition) is 10. The second kappa shape index (κ2) is 10.5. The number of rotatable bonds is 11. The number of hydrogen-bond donors (Lipinski definition) is 0. The highest BCUT2D eigenvalue weighted by atomic mass is 32.2. The maximum atomic E-state index is 12.7.